The fraction of sp³-hybridized carbons (Fsp3) is 0.308. The maximum atomic E-state index is 12.0. The van der Waals surface area contributed by atoms with Gasteiger partial charge in [-0.25, -0.2) is 12.7 Å². The van der Waals surface area contributed by atoms with Crippen LogP contribution in [-0.4, -0.2) is 38.5 Å². The molecular weight excluding hydrogens is 294 g/mol. The molecule has 5 nitrogen and oxygen atoms in total. The van der Waals surface area contributed by atoms with Crippen LogP contribution in [0.4, 0.5) is 5.69 Å². The Kier molecular flexibility index (Phi) is 5.67. The third-order valence-electron chi connectivity index (χ3n) is 2.42. The number of nitrogens with zero attached hydrogens (tertiary/aromatic N) is 1. The Balaban J connectivity index is 2.84. The van der Waals surface area contributed by atoms with E-state index in [1.807, 2.05) is 6.92 Å². The lowest BCUT2D eigenvalue weighted by atomic mass is 10.3. The van der Waals surface area contributed by atoms with Crippen molar-refractivity contribution in [3.8, 4) is 0 Å². The van der Waals surface area contributed by atoms with Crippen LogP contribution in [0, 0.1) is 0 Å². The van der Waals surface area contributed by atoms with Crippen LogP contribution >= 0.6 is 12.2 Å². The van der Waals surface area contributed by atoms with E-state index in [4.69, 9.17) is 12.2 Å². The number of sulfonamides is 1. The first kappa shape index (κ1) is 16.6. The maximum Gasteiger partial charge on any atom is 0.242 e. The van der Waals surface area contributed by atoms with Crippen LogP contribution in [-0.2, 0) is 10.0 Å². The van der Waals surface area contributed by atoms with Gasteiger partial charge in [0.05, 0.1) is 4.90 Å². The number of anilines is 1. The van der Waals surface area contributed by atoms with E-state index in [-0.39, 0.29) is 4.90 Å². The SMILES string of the molecule is C=C(C)CNC(=S)Nc1cccc(S(=O)(=O)N(C)C)c1. The summed E-state index contributed by atoms with van der Waals surface area (Å²) < 4.78 is 25.2. The number of rotatable bonds is 5. The van der Waals surface area contributed by atoms with Gasteiger partial charge in [-0.1, -0.05) is 18.2 Å². The summed E-state index contributed by atoms with van der Waals surface area (Å²) in [4.78, 5) is 0.218. The van der Waals surface area contributed by atoms with E-state index < -0.39 is 10.0 Å². The van der Waals surface area contributed by atoms with Crippen LogP contribution < -0.4 is 10.6 Å². The first-order valence-electron chi connectivity index (χ1n) is 5.95. The molecule has 7 heteroatoms. The minimum atomic E-state index is -3.45. The molecule has 0 heterocycles. The summed E-state index contributed by atoms with van der Waals surface area (Å²) in [6.07, 6.45) is 0. The minimum absolute atomic E-state index is 0.218. The summed E-state index contributed by atoms with van der Waals surface area (Å²) in [5.74, 6) is 0. The van der Waals surface area contributed by atoms with Gasteiger partial charge in [-0.2, -0.15) is 0 Å². The highest BCUT2D eigenvalue weighted by Crippen LogP contribution is 2.17. The van der Waals surface area contributed by atoms with Crippen LogP contribution in [0.25, 0.3) is 0 Å². The zero-order valence-corrected chi connectivity index (χ0v) is 13.4. The lowest BCUT2D eigenvalue weighted by molar-refractivity contribution is 0.521. The largest absolute Gasteiger partial charge is 0.359 e. The van der Waals surface area contributed by atoms with Crippen LogP contribution in [0.15, 0.2) is 41.3 Å². The van der Waals surface area contributed by atoms with E-state index in [0.29, 0.717) is 17.3 Å². The van der Waals surface area contributed by atoms with Crippen molar-refractivity contribution < 1.29 is 8.42 Å². The molecule has 0 radical (unpaired) electrons. The standard InChI is InChI=1S/C13H19N3O2S2/c1-10(2)9-14-13(19)15-11-6-5-7-12(8-11)20(17,18)16(3)4/h5-8H,1,9H2,2-4H3,(H2,14,15,19). The van der Waals surface area contributed by atoms with Gasteiger partial charge >= 0.3 is 0 Å². The van der Waals surface area contributed by atoms with Gasteiger partial charge < -0.3 is 10.6 Å². The highest BCUT2D eigenvalue weighted by atomic mass is 32.2. The predicted octanol–water partition coefficient (Wildman–Crippen LogP) is 1.80. The van der Waals surface area contributed by atoms with E-state index in [1.54, 1.807) is 24.3 Å². The number of hydrogen-bond acceptors (Lipinski definition) is 3. The average Bonchev–Trinajstić information content (AvgIpc) is 2.36. The summed E-state index contributed by atoms with van der Waals surface area (Å²) >= 11 is 5.12. The zero-order chi connectivity index (χ0) is 15.3. The van der Waals surface area contributed by atoms with Crippen LogP contribution in [0.2, 0.25) is 0 Å². The van der Waals surface area contributed by atoms with E-state index in [1.165, 1.54) is 18.4 Å². The Bertz CT molecular complexity index is 610. The second-order valence-electron chi connectivity index (χ2n) is 4.58. The molecule has 0 saturated carbocycles. The van der Waals surface area contributed by atoms with Gasteiger partial charge in [-0.15, -0.1) is 0 Å². The van der Waals surface area contributed by atoms with Gasteiger partial charge in [0.15, 0.2) is 5.11 Å². The molecule has 0 aliphatic carbocycles. The molecule has 0 amide bonds. The van der Waals surface area contributed by atoms with E-state index >= 15 is 0 Å². The lowest BCUT2D eigenvalue weighted by Gasteiger charge is -2.14. The second-order valence-corrected chi connectivity index (χ2v) is 7.14. The Hall–Kier alpha value is -1.44. The van der Waals surface area contributed by atoms with E-state index in [2.05, 4.69) is 17.2 Å². The zero-order valence-electron chi connectivity index (χ0n) is 11.8. The minimum Gasteiger partial charge on any atom is -0.359 e. The first-order valence-corrected chi connectivity index (χ1v) is 7.80. The van der Waals surface area contributed by atoms with Crippen molar-refractivity contribution in [3.63, 3.8) is 0 Å². The van der Waals surface area contributed by atoms with Crippen molar-refractivity contribution in [2.24, 2.45) is 0 Å². The Labute approximate surface area is 125 Å². The number of benzene rings is 1. The molecule has 1 aromatic rings. The third-order valence-corrected chi connectivity index (χ3v) is 4.48. The van der Waals surface area contributed by atoms with Crippen LogP contribution in [0.1, 0.15) is 6.92 Å². The van der Waals surface area contributed by atoms with E-state index in [9.17, 15) is 8.42 Å². The summed E-state index contributed by atoms with van der Waals surface area (Å²) in [6.45, 7) is 6.22. The molecule has 0 spiro atoms. The molecule has 0 bridgehead atoms. The van der Waals surface area contributed by atoms with Crippen molar-refractivity contribution in [2.45, 2.75) is 11.8 Å². The Morgan fingerprint density at radius 1 is 1.40 bits per heavy atom. The van der Waals surface area contributed by atoms with Gasteiger partial charge in [0, 0.05) is 26.3 Å². The van der Waals surface area contributed by atoms with Crippen LogP contribution in [0.3, 0.4) is 0 Å². The van der Waals surface area contributed by atoms with Gasteiger partial charge in [-0.3, -0.25) is 0 Å². The topological polar surface area (TPSA) is 61.4 Å². The second kappa shape index (κ2) is 6.83. The molecule has 0 atom stereocenters. The van der Waals surface area contributed by atoms with E-state index in [0.717, 1.165) is 5.57 Å². The van der Waals surface area contributed by atoms with Gasteiger partial charge in [0.1, 0.15) is 0 Å². The van der Waals surface area contributed by atoms with Crippen molar-refractivity contribution >= 4 is 33.0 Å². The normalized spacial score (nSPS) is 11.2. The summed E-state index contributed by atoms with van der Waals surface area (Å²) in [5.41, 5.74) is 1.57. The predicted molar refractivity (Wildman–Crippen MR) is 86.4 cm³/mol. The molecule has 0 saturated heterocycles. The molecule has 0 fully saturated rings. The highest BCUT2D eigenvalue weighted by Gasteiger charge is 2.17. The van der Waals surface area contributed by atoms with Gasteiger partial charge in [0.25, 0.3) is 0 Å². The van der Waals surface area contributed by atoms with Crippen molar-refractivity contribution in [2.75, 3.05) is 26.0 Å². The number of hydrogen-bond donors (Lipinski definition) is 2. The summed E-state index contributed by atoms with van der Waals surface area (Å²) in [5, 5.41) is 6.34. The maximum absolute atomic E-state index is 12.0. The van der Waals surface area contributed by atoms with Gasteiger partial charge in [-0.05, 0) is 37.3 Å². The molecule has 0 aliphatic heterocycles. The molecule has 20 heavy (non-hydrogen) atoms. The van der Waals surface area contributed by atoms with Crippen molar-refractivity contribution in [3.05, 3.63) is 36.4 Å². The van der Waals surface area contributed by atoms with Crippen molar-refractivity contribution in [1.82, 2.24) is 9.62 Å². The number of nitrogens with one attached hydrogen (secondary N) is 2. The fourth-order valence-corrected chi connectivity index (χ4v) is 2.49. The molecule has 0 aliphatic rings. The Morgan fingerprint density at radius 3 is 2.60 bits per heavy atom. The molecule has 0 unspecified atom stereocenters. The van der Waals surface area contributed by atoms with Gasteiger partial charge in [0.2, 0.25) is 10.0 Å². The summed E-state index contributed by atoms with van der Waals surface area (Å²) in [6, 6.07) is 6.51. The van der Waals surface area contributed by atoms with Crippen LogP contribution in [0.5, 0.6) is 0 Å². The molecule has 2 N–H and O–H groups in total. The Morgan fingerprint density at radius 2 is 2.05 bits per heavy atom. The molecule has 1 rings (SSSR count). The molecule has 110 valence electrons. The summed E-state index contributed by atoms with van der Waals surface area (Å²) in [7, 11) is -0.456. The monoisotopic (exact) mass is 313 g/mol. The average molecular weight is 313 g/mol. The lowest BCUT2D eigenvalue weighted by Crippen LogP contribution is -2.29. The molecular formula is C13H19N3O2S2. The fourth-order valence-electron chi connectivity index (χ4n) is 1.35. The molecule has 0 aromatic heterocycles. The molecule has 1 aromatic carbocycles. The first-order chi connectivity index (χ1) is 9.23. The number of thiocarbonyl (C=S) groups is 1. The highest BCUT2D eigenvalue weighted by molar-refractivity contribution is 7.89. The third kappa shape index (κ3) is 4.59. The van der Waals surface area contributed by atoms with Crippen molar-refractivity contribution in [1.29, 1.82) is 0 Å². The quantitative estimate of drug-likeness (QED) is 0.641. The smallest absolute Gasteiger partial charge is 0.242 e.